The van der Waals surface area contributed by atoms with E-state index in [1.165, 1.54) is 30.5 Å². The Morgan fingerprint density at radius 1 is 1.15 bits per heavy atom. The summed E-state index contributed by atoms with van der Waals surface area (Å²) in [5.41, 5.74) is 1.50. The highest BCUT2D eigenvalue weighted by atomic mass is 19.1. The van der Waals surface area contributed by atoms with Crippen molar-refractivity contribution in [2.75, 3.05) is 12.2 Å². The van der Waals surface area contributed by atoms with Gasteiger partial charge in [0.05, 0.1) is 19.0 Å². The summed E-state index contributed by atoms with van der Waals surface area (Å²) in [6.45, 7) is 0. The lowest BCUT2D eigenvalue weighted by Gasteiger charge is -2.19. The van der Waals surface area contributed by atoms with Gasteiger partial charge < -0.3 is 0 Å². The van der Waals surface area contributed by atoms with E-state index in [0.29, 0.717) is 16.9 Å². The predicted molar refractivity (Wildman–Crippen MR) is 70.7 cm³/mol. The van der Waals surface area contributed by atoms with Crippen LogP contribution in [0.3, 0.4) is 0 Å². The lowest BCUT2D eigenvalue weighted by Crippen LogP contribution is -2.18. The van der Waals surface area contributed by atoms with E-state index in [-0.39, 0.29) is 11.8 Å². The molecule has 1 aromatic carbocycles. The van der Waals surface area contributed by atoms with Crippen LogP contribution >= 0.6 is 0 Å². The number of rotatable bonds is 3. The summed E-state index contributed by atoms with van der Waals surface area (Å²) in [6.07, 6.45) is 4.64. The van der Waals surface area contributed by atoms with Crippen molar-refractivity contribution in [1.82, 2.24) is 19.9 Å². The first-order chi connectivity index (χ1) is 9.78. The van der Waals surface area contributed by atoms with Gasteiger partial charge in [0.25, 0.3) is 5.95 Å². The first-order valence-electron chi connectivity index (χ1n) is 5.81. The Morgan fingerprint density at radius 3 is 2.80 bits per heavy atom. The Morgan fingerprint density at radius 2 is 2.00 bits per heavy atom. The molecule has 2 aromatic heterocycles. The highest BCUT2D eigenvalue weighted by Crippen LogP contribution is 2.23. The number of halogens is 1. The van der Waals surface area contributed by atoms with Gasteiger partial charge in [0, 0.05) is 18.5 Å². The Kier molecular flexibility index (Phi) is 3.18. The van der Waals surface area contributed by atoms with Crippen LogP contribution in [0.4, 0.5) is 16.0 Å². The number of fused-ring (bicyclic) bond motifs is 1. The van der Waals surface area contributed by atoms with Gasteiger partial charge in [-0.15, -0.1) is 0 Å². The van der Waals surface area contributed by atoms with Crippen molar-refractivity contribution in [2.45, 2.75) is 0 Å². The molecule has 0 saturated carbocycles. The largest absolute Gasteiger partial charge is 0.269 e. The summed E-state index contributed by atoms with van der Waals surface area (Å²) in [7, 11) is 1.45. The van der Waals surface area contributed by atoms with Crippen LogP contribution in [0.25, 0.3) is 11.2 Å². The molecule has 0 N–H and O–H groups in total. The van der Waals surface area contributed by atoms with E-state index < -0.39 is 0 Å². The smallest absolute Gasteiger partial charge is 0.256 e. The van der Waals surface area contributed by atoms with Gasteiger partial charge in [-0.2, -0.15) is 10.0 Å². The maximum Gasteiger partial charge on any atom is 0.256 e. The summed E-state index contributed by atoms with van der Waals surface area (Å²) in [5, 5.41) is 1.32. The molecule has 0 fully saturated rings. The second kappa shape index (κ2) is 5.14. The molecule has 2 heterocycles. The van der Waals surface area contributed by atoms with Crippen LogP contribution in [0.1, 0.15) is 0 Å². The molecule has 3 rings (SSSR count). The molecule has 0 radical (unpaired) electrons. The lowest BCUT2D eigenvalue weighted by atomic mass is 10.3. The van der Waals surface area contributed by atoms with Crippen molar-refractivity contribution in [3.8, 4) is 0 Å². The second-order valence-corrected chi connectivity index (χ2v) is 3.89. The quantitative estimate of drug-likeness (QED) is 0.681. The molecule has 0 unspecified atom stereocenters. The Bertz CT molecular complexity index is 751. The molecule has 0 spiro atoms. The van der Waals surface area contributed by atoms with Crippen LogP contribution in [0.15, 0.2) is 42.9 Å². The van der Waals surface area contributed by atoms with Crippen LogP contribution in [0.5, 0.6) is 0 Å². The van der Waals surface area contributed by atoms with Gasteiger partial charge in [-0.25, -0.2) is 19.3 Å². The van der Waals surface area contributed by atoms with Gasteiger partial charge in [0.15, 0.2) is 5.65 Å². The molecule has 100 valence electrons. The minimum absolute atomic E-state index is 0.256. The standard InChI is InChI=1S/C13H10FN5O/c1-20-19(10-4-2-3-9(14)7-10)13-17-8-11-12(18-13)16-6-5-15-11/h2-8H,1H3. The summed E-state index contributed by atoms with van der Waals surface area (Å²) in [5.74, 6) is -0.115. The Labute approximate surface area is 113 Å². The zero-order chi connectivity index (χ0) is 13.9. The van der Waals surface area contributed by atoms with Crippen LogP contribution in [0, 0.1) is 5.82 Å². The van der Waals surface area contributed by atoms with E-state index in [9.17, 15) is 4.39 Å². The molecule has 0 aliphatic rings. The van der Waals surface area contributed by atoms with Crippen LogP contribution in [-0.2, 0) is 4.84 Å². The number of hydrogen-bond acceptors (Lipinski definition) is 6. The van der Waals surface area contributed by atoms with Gasteiger partial charge in [-0.05, 0) is 12.1 Å². The van der Waals surface area contributed by atoms with Crippen molar-refractivity contribution < 1.29 is 9.23 Å². The Balaban J connectivity index is 2.07. The fraction of sp³-hybridized carbons (Fsp3) is 0.0769. The average molecular weight is 271 g/mol. The molecule has 0 bridgehead atoms. The van der Waals surface area contributed by atoms with Gasteiger partial charge in [0.2, 0.25) is 0 Å². The molecule has 6 nitrogen and oxygen atoms in total. The summed E-state index contributed by atoms with van der Waals surface area (Å²) in [6, 6.07) is 5.95. The minimum Gasteiger partial charge on any atom is -0.269 e. The molecular weight excluding hydrogens is 261 g/mol. The van der Waals surface area contributed by atoms with Gasteiger partial charge >= 0.3 is 0 Å². The minimum atomic E-state index is -0.370. The topological polar surface area (TPSA) is 64.0 Å². The van der Waals surface area contributed by atoms with Crippen LogP contribution in [0.2, 0.25) is 0 Å². The maximum atomic E-state index is 13.3. The first-order valence-corrected chi connectivity index (χ1v) is 5.81. The molecule has 0 atom stereocenters. The summed E-state index contributed by atoms with van der Waals surface area (Å²) in [4.78, 5) is 21.8. The summed E-state index contributed by atoms with van der Waals surface area (Å²) >= 11 is 0. The highest BCUT2D eigenvalue weighted by molar-refractivity contribution is 5.70. The van der Waals surface area contributed by atoms with Gasteiger partial charge in [-0.3, -0.25) is 4.84 Å². The molecule has 0 amide bonds. The SMILES string of the molecule is CON(c1cccc(F)c1)c1ncc2nccnc2n1. The number of nitrogens with zero attached hydrogens (tertiary/aromatic N) is 5. The van der Waals surface area contributed by atoms with Crippen LogP contribution in [-0.4, -0.2) is 27.0 Å². The number of aromatic nitrogens is 4. The van der Waals surface area contributed by atoms with Crippen molar-refractivity contribution in [3.05, 3.63) is 48.7 Å². The normalized spacial score (nSPS) is 10.7. The van der Waals surface area contributed by atoms with E-state index in [1.54, 1.807) is 24.5 Å². The summed E-state index contributed by atoms with van der Waals surface area (Å²) < 4.78 is 13.3. The Hall–Kier alpha value is -2.67. The van der Waals surface area contributed by atoms with Crippen molar-refractivity contribution in [2.24, 2.45) is 0 Å². The first kappa shape index (κ1) is 12.4. The molecular formula is C13H10FN5O. The van der Waals surface area contributed by atoms with E-state index in [2.05, 4.69) is 19.9 Å². The van der Waals surface area contributed by atoms with E-state index >= 15 is 0 Å². The average Bonchev–Trinajstić information content (AvgIpc) is 2.48. The fourth-order valence-corrected chi connectivity index (χ4v) is 1.76. The monoisotopic (exact) mass is 271 g/mol. The zero-order valence-corrected chi connectivity index (χ0v) is 10.6. The number of anilines is 2. The second-order valence-electron chi connectivity index (χ2n) is 3.89. The molecule has 7 heteroatoms. The molecule has 0 aliphatic carbocycles. The van der Waals surface area contributed by atoms with E-state index in [4.69, 9.17) is 4.84 Å². The maximum absolute atomic E-state index is 13.3. The molecule has 0 saturated heterocycles. The molecule has 20 heavy (non-hydrogen) atoms. The molecule has 0 aliphatic heterocycles. The third-order valence-electron chi connectivity index (χ3n) is 2.62. The van der Waals surface area contributed by atoms with Gasteiger partial charge in [-0.1, -0.05) is 6.07 Å². The van der Waals surface area contributed by atoms with E-state index in [0.717, 1.165) is 0 Å². The van der Waals surface area contributed by atoms with Crippen molar-refractivity contribution in [1.29, 1.82) is 0 Å². The number of benzene rings is 1. The predicted octanol–water partition coefficient (Wildman–Crippen LogP) is 2.26. The van der Waals surface area contributed by atoms with Crippen LogP contribution < -0.4 is 5.06 Å². The molecule has 3 aromatic rings. The fourth-order valence-electron chi connectivity index (χ4n) is 1.76. The number of hydrogen-bond donors (Lipinski definition) is 0. The van der Waals surface area contributed by atoms with Crippen molar-refractivity contribution >= 4 is 22.8 Å². The highest BCUT2D eigenvalue weighted by Gasteiger charge is 2.13. The lowest BCUT2D eigenvalue weighted by molar-refractivity contribution is 0.197. The zero-order valence-electron chi connectivity index (χ0n) is 10.6. The van der Waals surface area contributed by atoms with Gasteiger partial charge in [0.1, 0.15) is 11.3 Å². The van der Waals surface area contributed by atoms with E-state index in [1.807, 2.05) is 0 Å². The third-order valence-corrected chi connectivity index (χ3v) is 2.62. The van der Waals surface area contributed by atoms with Crippen molar-refractivity contribution in [3.63, 3.8) is 0 Å². The third kappa shape index (κ3) is 2.26.